The Morgan fingerprint density at radius 3 is 2.56 bits per heavy atom. The highest BCUT2D eigenvalue weighted by molar-refractivity contribution is 7.09. The van der Waals surface area contributed by atoms with Gasteiger partial charge in [0.1, 0.15) is 12.4 Å². The summed E-state index contributed by atoms with van der Waals surface area (Å²) >= 11 is 1.01. The normalized spacial score (nSPS) is 9.61. The van der Waals surface area contributed by atoms with Crippen LogP contribution in [0.5, 0.6) is 0 Å². The van der Waals surface area contributed by atoms with Gasteiger partial charge in [-0.25, -0.2) is 9.78 Å². The predicted octanol–water partition coefficient (Wildman–Crippen LogP) is -0.831. The van der Waals surface area contributed by atoms with Gasteiger partial charge in [-0.05, 0) is 6.92 Å². The van der Waals surface area contributed by atoms with Gasteiger partial charge in [0.05, 0.1) is 6.54 Å². The third kappa shape index (κ3) is 5.21. The monoisotopic (exact) mass is 273 g/mol. The first-order valence-electron chi connectivity index (χ1n) is 4.81. The van der Waals surface area contributed by atoms with E-state index in [1.807, 2.05) is 0 Å². The Morgan fingerprint density at radius 2 is 2.00 bits per heavy atom. The molecule has 0 radical (unpaired) electrons. The van der Waals surface area contributed by atoms with Gasteiger partial charge in [0.15, 0.2) is 0 Å². The van der Waals surface area contributed by atoms with Crippen molar-refractivity contribution in [2.45, 2.75) is 6.92 Å². The Balaban J connectivity index is 2.24. The number of aryl methyl sites for hydroxylation is 1. The zero-order valence-electron chi connectivity index (χ0n) is 9.39. The molecule has 0 fully saturated rings. The first kappa shape index (κ1) is 13.8. The average molecular weight is 273 g/mol. The van der Waals surface area contributed by atoms with E-state index in [2.05, 4.69) is 25.3 Å². The number of nitrogens with zero attached hydrogens (tertiary/aromatic N) is 2. The van der Waals surface area contributed by atoms with Gasteiger partial charge in [-0.15, -0.1) is 0 Å². The molecule has 0 unspecified atom stereocenters. The van der Waals surface area contributed by atoms with Crippen LogP contribution in [0.15, 0.2) is 0 Å². The molecule has 0 aliphatic heterocycles. The molecule has 10 heteroatoms. The molecular formula is C8H11N5O4S. The number of carbonyl (C=O) groups excluding carboxylic acids is 2. The molecule has 0 saturated carbocycles. The molecule has 1 heterocycles. The lowest BCUT2D eigenvalue weighted by Crippen LogP contribution is -2.40. The molecule has 0 saturated heterocycles. The molecule has 9 nitrogen and oxygen atoms in total. The van der Waals surface area contributed by atoms with E-state index in [4.69, 9.17) is 5.11 Å². The molecule has 0 aliphatic carbocycles. The number of amides is 3. The van der Waals surface area contributed by atoms with Crippen LogP contribution in [0.2, 0.25) is 0 Å². The van der Waals surface area contributed by atoms with Crippen LogP contribution in [0.1, 0.15) is 5.82 Å². The minimum Gasteiger partial charge on any atom is -0.480 e. The maximum atomic E-state index is 11.3. The third-order valence-corrected chi connectivity index (χ3v) is 2.32. The molecule has 0 atom stereocenters. The van der Waals surface area contributed by atoms with Gasteiger partial charge in [-0.2, -0.15) is 4.37 Å². The highest BCUT2D eigenvalue weighted by Crippen LogP contribution is 2.09. The predicted molar refractivity (Wildman–Crippen MR) is 62.3 cm³/mol. The Morgan fingerprint density at radius 1 is 1.28 bits per heavy atom. The molecule has 0 aromatic carbocycles. The van der Waals surface area contributed by atoms with E-state index >= 15 is 0 Å². The van der Waals surface area contributed by atoms with Crippen molar-refractivity contribution < 1.29 is 19.5 Å². The van der Waals surface area contributed by atoms with E-state index in [1.165, 1.54) is 0 Å². The maximum Gasteiger partial charge on any atom is 0.322 e. The minimum absolute atomic E-state index is 0.316. The number of hydrogen-bond acceptors (Lipinski definition) is 6. The fourth-order valence-electron chi connectivity index (χ4n) is 0.886. The molecule has 0 aliphatic rings. The SMILES string of the molecule is Cc1nsc(NC(=O)NCC(=O)NCC(=O)O)n1. The topological polar surface area (TPSA) is 133 Å². The van der Waals surface area contributed by atoms with Gasteiger partial charge in [0.2, 0.25) is 11.0 Å². The zero-order valence-corrected chi connectivity index (χ0v) is 10.2. The third-order valence-electron chi connectivity index (χ3n) is 1.59. The summed E-state index contributed by atoms with van der Waals surface area (Å²) in [5.74, 6) is -1.22. The Labute approximate surface area is 106 Å². The van der Waals surface area contributed by atoms with Crippen molar-refractivity contribution in [1.82, 2.24) is 20.0 Å². The quantitative estimate of drug-likeness (QED) is 0.553. The van der Waals surface area contributed by atoms with E-state index in [9.17, 15) is 14.4 Å². The molecule has 4 N–H and O–H groups in total. The van der Waals surface area contributed by atoms with Gasteiger partial charge < -0.3 is 15.7 Å². The van der Waals surface area contributed by atoms with Crippen molar-refractivity contribution >= 4 is 34.6 Å². The number of nitrogens with one attached hydrogen (secondary N) is 3. The lowest BCUT2D eigenvalue weighted by atomic mass is 10.5. The van der Waals surface area contributed by atoms with Gasteiger partial charge in [-0.1, -0.05) is 0 Å². The minimum atomic E-state index is -1.16. The van der Waals surface area contributed by atoms with Gasteiger partial charge in [0.25, 0.3) is 0 Å². The first-order valence-corrected chi connectivity index (χ1v) is 5.58. The summed E-state index contributed by atoms with van der Waals surface area (Å²) in [4.78, 5) is 36.4. The fourth-order valence-corrected chi connectivity index (χ4v) is 1.46. The van der Waals surface area contributed by atoms with Crippen molar-refractivity contribution in [3.63, 3.8) is 0 Å². The van der Waals surface area contributed by atoms with Crippen LogP contribution in [-0.2, 0) is 9.59 Å². The molecule has 1 aromatic rings. The van der Waals surface area contributed by atoms with Gasteiger partial charge >= 0.3 is 12.0 Å². The molecule has 1 rings (SSSR count). The summed E-state index contributed by atoms with van der Waals surface area (Å²) in [7, 11) is 0. The molecule has 18 heavy (non-hydrogen) atoms. The van der Waals surface area contributed by atoms with Crippen LogP contribution >= 0.6 is 11.5 Å². The molecule has 0 bridgehead atoms. The summed E-state index contributed by atoms with van der Waals surface area (Å²) in [5, 5.41) is 15.4. The smallest absolute Gasteiger partial charge is 0.322 e. The standard InChI is InChI=1S/C8H11N5O4S/c1-4-11-8(18-13-4)12-7(17)10-2-5(14)9-3-6(15)16/h2-3H2,1H3,(H,9,14)(H,15,16)(H2,10,11,12,13,17). The number of aromatic nitrogens is 2. The van der Waals surface area contributed by atoms with Gasteiger partial charge in [0, 0.05) is 11.5 Å². The largest absolute Gasteiger partial charge is 0.480 e. The van der Waals surface area contributed by atoms with E-state index in [1.54, 1.807) is 6.92 Å². The Bertz CT molecular complexity index is 460. The lowest BCUT2D eigenvalue weighted by molar-refractivity contribution is -0.137. The number of hydrogen-bond donors (Lipinski definition) is 4. The summed E-state index contributed by atoms with van der Waals surface area (Å²) in [6, 6.07) is -0.614. The number of rotatable bonds is 5. The number of carboxylic acid groups (broad SMARTS) is 1. The number of anilines is 1. The second-order valence-corrected chi connectivity index (χ2v) is 3.88. The molecule has 1 aromatic heterocycles. The van der Waals surface area contributed by atoms with Crippen LogP contribution in [0.25, 0.3) is 0 Å². The second-order valence-electron chi connectivity index (χ2n) is 3.12. The van der Waals surface area contributed by atoms with Crippen molar-refractivity contribution in [1.29, 1.82) is 0 Å². The maximum absolute atomic E-state index is 11.3. The molecular weight excluding hydrogens is 262 g/mol. The fraction of sp³-hybridized carbons (Fsp3) is 0.375. The van der Waals surface area contributed by atoms with Crippen LogP contribution in [0.3, 0.4) is 0 Å². The van der Waals surface area contributed by atoms with Crippen LogP contribution in [-0.4, -0.2) is 45.5 Å². The Hall–Kier alpha value is -2.23. The summed E-state index contributed by atoms with van der Waals surface area (Å²) < 4.78 is 3.86. The van der Waals surface area contributed by atoms with Crippen LogP contribution < -0.4 is 16.0 Å². The second kappa shape index (κ2) is 6.49. The molecule has 3 amide bonds. The number of urea groups is 1. The highest BCUT2D eigenvalue weighted by atomic mass is 32.1. The van der Waals surface area contributed by atoms with E-state index in [0.717, 1.165) is 11.5 Å². The highest BCUT2D eigenvalue weighted by Gasteiger charge is 2.08. The summed E-state index contributed by atoms with van der Waals surface area (Å²) in [6.07, 6.45) is 0. The number of carboxylic acids is 1. The Kier molecular flexibility index (Phi) is 4.99. The van der Waals surface area contributed by atoms with Crippen molar-refractivity contribution in [2.24, 2.45) is 0 Å². The molecule has 0 spiro atoms. The van der Waals surface area contributed by atoms with Gasteiger partial charge in [-0.3, -0.25) is 14.9 Å². The van der Waals surface area contributed by atoms with Crippen molar-refractivity contribution in [2.75, 3.05) is 18.4 Å². The summed E-state index contributed by atoms with van der Waals surface area (Å²) in [5.41, 5.74) is 0. The summed E-state index contributed by atoms with van der Waals surface area (Å²) in [6.45, 7) is 0.869. The van der Waals surface area contributed by atoms with E-state index in [0.29, 0.717) is 11.0 Å². The average Bonchev–Trinajstić information content (AvgIpc) is 2.69. The molecule has 98 valence electrons. The zero-order chi connectivity index (χ0) is 13.5. The van der Waals surface area contributed by atoms with E-state index < -0.39 is 24.5 Å². The van der Waals surface area contributed by atoms with Crippen molar-refractivity contribution in [3.8, 4) is 0 Å². The number of carbonyl (C=O) groups is 3. The first-order chi connectivity index (χ1) is 8.47. The van der Waals surface area contributed by atoms with Crippen LogP contribution in [0, 0.1) is 6.92 Å². The van der Waals surface area contributed by atoms with E-state index in [-0.39, 0.29) is 6.54 Å². The van der Waals surface area contributed by atoms with Crippen molar-refractivity contribution in [3.05, 3.63) is 5.82 Å². The van der Waals surface area contributed by atoms with Crippen LogP contribution in [0.4, 0.5) is 9.93 Å². The number of aliphatic carboxylic acids is 1. The lowest BCUT2D eigenvalue weighted by Gasteiger charge is -2.04.